The fraction of sp³-hybridized carbons (Fsp3) is 0.357. The minimum atomic E-state index is -0.562. The lowest BCUT2D eigenvalue weighted by molar-refractivity contribution is 0.102. The van der Waals surface area contributed by atoms with E-state index in [1.807, 2.05) is 45.0 Å². The topological polar surface area (TPSA) is 84.1 Å². The van der Waals surface area contributed by atoms with Crippen LogP contribution in [0, 0.1) is 0 Å². The first kappa shape index (κ1) is 15.4. The minimum Gasteiger partial charge on any atom is -0.378 e. The summed E-state index contributed by atoms with van der Waals surface area (Å²) in [6, 6.07) is 7.34. The van der Waals surface area contributed by atoms with Crippen LogP contribution in [0.3, 0.4) is 0 Å². The number of benzene rings is 1. The van der Waals surface area contributed by atoms with Gasteiger partial charge in [-0.3, -0.25) is 10.1 Å². The number of hydrogen-bond acceptors (Lipinski definition) is 6. The van der Waals surface area contributed by atoms with Gasteiger partial charge in [-0.25, -0.2) is 0 Å². The molecule has 0 bridgehead atoms. The second-order valence-corrected chi connectivity index (χ2v) is 6.51. The lowest BCUT2D eigenvalue weighted by Gasteiger charge is -2.12. The van der Waals surface area contributed by atoms with Crippen LogP contribution in [0.5, 0.6) is 0 Å². The highest BCUT2D eigenvalue weighted by atomic mass is 32.1. The molecule has 6 nitrogen and oxygen atoms in total. The summed E-state index contributed by atoms with van der Waals surface area (Å²) in [5, 5.41) is 11.8. The third-order valence-electron chi connectivity index (χ3n) is 2.84. The summed E-state index contributed by atoms with van der Waals surface area (Å²) >= 11 is 1.28. The number of amides is 1. The average Bonchev–Trinajstić information content (AvgIpc) is 2.87. The fourth-order valence-corrected chi connectivity index (χ4v) is 2.37. The molecule has 0 atom stereocenters. The van der Waals surface area contributed by atoms with Crippen molar-refractivity contribution >= 4 is 28.1 Å². The molecule has 2 rings (SSSR count). The van der Waals surface area contributed by atoms with Crippen LogP contribution in [0.15, 0.2) is 24.3 Å². The maximum atomic E-state index is 12.1. The number of hydrogen-bond donors (Lipinski definition) is 2. The van der Waals surface area contributed by atoms with Gasteiger partial charge in [0.1, 0.15) is 5.01 Å². The fourth-order valence-electron chi connectivity index (χ4n) is 1.61. The Kier molecular flexibility index (Phi) is 4.24. The smallest absolute Gasteiger partial charge is 0.257 e. The zero-order valence-corrected chi connectivity index (χ0v) is 13.4. The molecule has 0 spiro atoms. The van der Waals surface area contributed by atoms with Gasteiger partial charge < -0.3 is 10.6 Å². The van der Waals surface area contributed by atoms with Crippen molar-refractivity contribution in [3.8, 4) is 0 Å². The zero-order valence-electron chi connectivity index (χ0n) is 12.5. The van der Waals surface area contributed by atoms with Crippen molar-refractivity contribution in [2.24, 2.45) is 5.73 Å². The van der Waals surface area contributed by atoms with Crippen LogP contribution in [-0.4, -0.2) is 30.2 Å². The molecule has 112 valence electrons. The Hall–Kier alpha value is -1.99. The molecule has 2 aromatic rings. The molecule has 0 aliphatic rings. The lowest BCUT2D eigenvalue weighted by atomic mass is 10.1. The molecule has 21 heavy (non-hydrogen) atoms. The second-order valence-electron chi connectivity index (χ2n) is 5.53. The number of nitrogens with one attached hydrogen (secondary N) is 1. The molecule has 0 fully saturated rings. The standard InChI is InChI=1S/C14H19N5OS/c1-14(2,15)12-17-18-13(21-12)16-11(20)9-5-7-10(8-6-9)19(3)4/h5-8H,15H2,1-4H3,(H,16,18,20). The zero-order chi connectivity index (χ0) is 15.6. The third kappa shape index (κ3) is 3.77. The monoisotopic (exact) mass is 305 g/mol. The van der Waals surface area contributed by atoms with Crippen LogP contribution in [0.1, 0.15) is 29.2 Å². The Morgan fingerprint density at radius 3 is 2.33 bits per heavy atom. The molecule has 1 aromatic heterocycles. The van der Waals surface area contributed by atoms with E-state index in [0.29, 0.717) is 15.7 Å². The highest BCUT2D eigenvalue weighted by molar-refractivity contribution is 7.15. The van der Waals surface area contributed by atoms with Gasteiger partial charge in [-0.1, -0.05) is 11.3 Å². The van der Waals surface area contributed by atoms with Crippen molar-refractivity contribution in [3.63, 3.8) is 0 Å². The van der Waals surface area contributed by atoms with Crippen molar-refractivity contribution in [2.45, 2.75) is 19.4 Å². The number of carbonyl (C=O) groups excluding carboxylic acids is 1. The lowest BCUT2D eigenvalue weighted by Crippen LogP contribution is -2.28. The van der Waals surface area contributed by atoms with Crippen molar-refractivity contribution in [2.75, 3.05) is 24.3 Å². The molecule has 0 unspecified atom stereocenters. The molecule has 0 saturated carbocycles. The van der Waals surface area contributed by atoms with Gasteiger partial charge in [0.2, 0.25) is 5.13 Å². The largest absolute Gasteiger partial charge is 0.378 e. The number of anilines is 2. The van der Waals surface area contributed by atoms with E-state index in [1.165, 1.54) is 11.3 Å². The SMILES string of the molecule is CN(C)c1ccc(C(=O)Nc2nnc(C(C)(C)N)s2)cc1. The molecule has 0 radical (unpaired) electrons. The van der Waals surface area contributed by atoms with Gasteiger partial charge in [0.15, 0.2) is 0 Å². The van der Waals surface area contributed by atoms with Crippen LogP contribution in [0.2, 0.25) is 0 Å². The first-order chi connectivity index (χ1) is 9.77. The quantitative estimate of drug-likeness (QED) is 0.903. The molecule has 3 N–H and O–H groups in total. The van der Waals surface area contributed by atoms with Crippen LogP contribution in [-0.2, 0) is 5.54 Å². The van der Waals surface area contributed by atoms with E-state index in [9.17, 15) is 4.79 Å². The van der Waals surface area contributed by atoms with Gasteiger partial charge in [-0.15, -0.1) is 10.2 Å². The van der Waals surface area contributed by atoms with E-state index < -0.39 is 5.54 Å². The van der Waals surface area contributed by atoms with Crippen LogP contribution >= 0.6 is 11.3 Å². The van der Waals surface area contributed by atoms with Crippen molar-refractivity contribution in [1.82, 2.24) is 10.2 Å². The summed E-state index contributed by atoms with van der Waals surface area (Å²) in [7, 11) is 3.90. The number of carbonyl (C=O) groups is 1. The van der Waals surface area contributed by atoms with Crippen molar-refractivity contribution in [3.05, 3.63) is 34.8 Å². The molecule has 0 aliphatic carbocycles. The van der Waals surface area contributed by atoms with Gasteiger partial charge in [0.05, 0.1) is 5.54 Å². The van der Waals surface area contributed by atoms with Crippen LogP contribution in [0.25, 0.3) is 0 Å². The summed E-state index contributed by atoms with van der Waals surface area (Å²) in [5.41, 5.74) is 7.00. The predicted molar refractivity (Wildman–Crippen MR) is 85.8 cm³/mol. The Bertz CT molecular complexity index is 628. The maximum absolute atomic E-state index is 12.1. The number of aromatic nitrogens is 2. The molecule has 0 saturated heterocycles. The number of nitrogens with two attached hydrogens (primary N) is 1. The third-order valence-corrected chi connectivity index (χ3v) is 4.02. The normalized spacial score (nSPS) is 11.3. The van der Waals surface area contributed by atoms with Gasteiger partial charge in [-0.2, -0.15) is 0 Å². The van der Waals surface area contributed by atoms with Gasteiger partial charge >= 0.3 is 0 Å². The Labute approximate surface area is 128 Å². The van der Waals surface area contributed by atoms with Crippen LogP contribution < -0.4 is 16.0 Å². The Morgan fingerprint density at radius 1 is 1.24 bits per heavy atom. The highest BCUT2D eigenvalue weighted by Gasteiger charge is 2.20. The molecule has 1 heterocycles. The predicted octanol–water partition coefficient (Wildman–Crippen LogP) is 2.05. The van der Waals surface area contributed by atoms with Crippen molar-refractivity contribution in [1.29, 1.82) is 0 Å². The van der Waals surface area contributed by atoms with E-state index in [4.69, 9.17) is 5.73 Å². The Balaban J connectivity index is 2.09. The van der Waals surface area contributed by atoms with E-state index >= 15 is 0 Å². The van der Waals surface area contributed by atoms with E-state index in [-0.39, 0.29) is 5.91 Å². The summed E-state index contributed by atoms with van der Waals surface area (Å²) in [6.45, 7) is 3.69. The van der Waals surface area contributed by atoms with Crippen molar-refractivity contribution < 1.29 is 4.79 Å². The first-order valence-electron chi connectivity index (χ1n) is 6.49. The molecular weight excluding hydrogens is 286 g/mol. The second kappa shape index (κ2) is 5.79. The van der Waals surface area contributed by atoms with E-state index in [1.54, 1.807) is 12.1 Å². The maximum Gasteiger partial charge on any atom is 0.257 e. The molecular formula is C14H19N5OS. The first-order valence-corrected chi connectivity index (χ1v) is 7.30. The van der Waals surface area contributed by atoms with Gasteiger partial charge in [-0.05, 0) is 38.1 Å². The summed E-state index contributed by atoms with van der Waals surface area (Å²) < 4.78 is 0. The van der Waals surface area contributed by atoms with Gasteiger partial charge in [0.25, 0.3) is 5.91 Å². The minimum absolute atomic E-state index is 0.210. The summed E-state index contributed by atoms with van der Waals surface area (Å²) in [5.74, 6) is -0.210. The van der Waals surface area contributed by atoms with E-state index in [2.05, 4.69) is 15.5 Å². The Morgan fingerprint density at radius 2 is 1.86 bits per heavy atom. The van der Waals surface area contributed by atoms with Gasteiger partial charge in [0, 0.05) is 25.3 Å². The molecule has 1 amide bonds. The molecule has 1 aromatic carbocycles. The number of nitrogens with zero attached hydrogens (tertiary/aromatic N) is 3. The average molecular weight is 305 g/mol. The van der Waals surface area contributed by atoms with E-state index in [0.717, 1.165) is 5.69 Å². The number of rotatable bonds is 4. The van der Waals surface area contributed by atoms with Crippen LogP contribution in [0.4, 0.5) is 10.8 Å². The summed E-state index contributed by atoms with van der Waals surface area (Å²) in [4.78, 5) is 14.1. The molecule has 0 aliphatic heterocycles. The molecule has 7 heteroatoms. The highest BCUT2D eigenvalue weighted by Crippen LogP contribution is 2.24. The summed E-state index contributed by atoms with van der Waals surface area (Å²) in [6.07, 6.45) is 0.